The molecule has 0 spiro atoms. The third kappa shape index (κ3) is 3.58. The summed E-state index contributed by atoms with van der Waals surface area (Å²) < 4.78 is 0. The molecule has 0 bridgehead atoms. The Kier molecular flexibility index (Phi) is 4.79. The van der Waals surface area contributed by atoms with E-state index in [1.54, 1.807) is 13.8 Å². The molecule has 0 aliphatic carbocycles. The third-order valence-corrected chi connectivity index (χ3v) is 3.52. The van der Waals surface area contributed by atoms with Crippen LogP contribution in [0.1, 0.15) is 13.8 Å². The zero-order chi connectivity index (χ0) is 13.1. The number of nitrogens with one attached hydrogen (secondary N) is 1. The molecule has 0 saturated carbocycles. The van der Waals surface area contributed by atoms with E-state index in [1.165, 1.54) is 16.7 Å². The van der Waals surface area contributed by atoms with Crippen LogP contribution in [0.4, 0.5) is 4.79 Å². The Balaban J connectivity index is 2.33. The van der Waals surface area contributed by atoms with Crippen LogP contribution in [0.25, 0.3) is 0 Å². The van der Waals surface area contributed by atoms with Gasteiger partial charge in [-0.05, 0) is 13.8 Å². The Morgan fingerprint density at radius 2 is 2.12 bits per heavy atom. The molecule has 7 heteroatoms. The lowest BCUT2D eigenvalue weighted by atomic mass is 10.1. The Morgan fingerprint density at radius 3 is 2.59 bits per heavy atom. The molecule has 17 heavy (non-hydrogen) atoms. The summed E-state index contributed by atoms with van der Waals surface area (Å²) in [6.45, 7) is 3.37. The van der Waals surface area contributed by atoms with E-state index < -0.39 is 11.6 Å². The Bertz CT molecular complexity index is 309. The van der Waals surface area contributed by atoms with Crippen LogP contribution in [0.3, 0.4) is 0 Å². The zero-order valence-corrected chi connectivity index (χ0v) is 10.8. The second-order valence-electron chi connectivity index (χ2n) is 4.42. The smallest absolute Gasteiger partial charge is 0.325 e. The summed E-state index contributed by atoms with van der Waals surface area (Å²) in [5, 5.41) is 20.3. The Labute approximate surface area is 104 Å². The minimum atomic E-state index is -0.827. The highest BCUT2D eigenvalue weighted by atomic mass is 32.2. The fourth-order valence-electron chi connectivity index (χ4n) is 1.45. The van der Waals surface area contributed by atoms with E-state index in [4.69, 9.17) is 10.2 Å². The van der Waals surface area contributed by atoms with Crippen LogP contribution in [0.5, 0.6) is 0 Å². The molecule has 0 radical (unpaired) electrons. The van der Waals surface area contributed by atoms with Crippen LogP contribution in [0.15, 0.2) is 0 Å². The van der Waals surface area contributed by atoms with E-state index in [2.05, 4.69) is 5.32 Å². The number of nitrogens with zero attached hydrogens (tertiary/aromatic N) is 1. The van der Waals surface area contributed by atoms with Crippen molar-refractivity contribution in [1.82, 2.24) is 10.2 Å². The van der Waals surface area contributed by atoms with Crippen molar-refractivity contribution in [2.45, 2.75) is 25.5 Å². The van der Waals surface area contributed by atoms with Gasteiger partial charge in [-0.3, -0.25) is 9.69 Å². The summed E-state index contributed by atoms with van der Waals surface area (Å²) >= 11 is 1.39. The van der Waals surface area contributed by atoms with Gasteiger partial charge >= 0.3 is 6.03 Å². The van der Waals surface area contributed by atoms with Gasteiger partial charge in [-0.2, -0.15) is 11.8 Å². The maximum Gasteiger partial charge on any atom is 0.325 e. The van der Waals surface area contributed by atoms with Crippen molar-refractivity contribution in [3.63, 3.8) is 0 Å². The summed E-state index contributed by atoms with van der Waals surface area (Å²) in [4.78, 5) is 24.4. The fraction of sp³-hybridized carbons (Fsp3) is 0.800. The minimum absolute atomic E-state index is 0.231. The van der Waals surface area contributed by atoms with Gasteiger partial charge in [-0.25, -0.2) is 4.79 Å². The van der Waals surface area contributed by atoms with Crippen molar-refractivity contribution in [2.75, 3.05) is 24.7 Å². The van der Waals surface area contributed by atoms with Crippen molar-refractivity contribution in [1.29, 1.82) is 0 Å². The Morgan fingerprint density at radius 1 is 1.47 bits per heavy atom. The first-order chi connectivity index (χ1) is 7.88. The summed E-state index contributed by atoms with van der Waals surface area (Å²) in [7, 11) is 0. The van der Waals surface area contributed by atoms with Gasteiger partial charge in [0, 0.05) is 18.1 Å². The molecule has 3 N–H and O–H groups in total. The van der Waals surface area contributed by atoms with Crippen molar-refractivity contribution in [3.8, 4) is 0 Å². The highest BCUT2D eigenvalue weighted by Crippen LogP contribution is 2.17. The predicted octanol–water partition coefficient (Wildman–Crippen LogP) is -0.597. The number of carbonyl (C=O) groups excluding carboxylic acids is 2. The highest BCUT2D eigenvalue weighted by molar-refractivity contribution is 7.99. The number of aliphatic hydroxyl groups is 2. The summed E-state index contributed by atoms with van der Waals surface area (Å²) in [6.07, 6.45) is -0.750. The number of hydrogen-bond acceptors (Lipinski definition) is 5. The second-order valence-corrected chi connectivity index (χ2v) is 5.57. The second kappa shape index (κ2) is 5.70. The van der Waals surface area contributed by atoms with Gasteiger partial charge < -0.3 is 15.5 Å². The van der Waals surface area contributed by atoms with Gasteiger partial charge in [0.2, 0.25) is 0 Å². The van der Waals surface area contributed by atoms with Gasteiger partial charge in [0.05, 0.1) is 12.7 Å². The summed E-state index contributed by atoms with van der Waals surface area (Å²) in [5.41, 5.74) is -0.827. The maximum absolute atomic E-state index is 11.8. The molecule has 1 rings (SSSR count). The van der Waals surface area contributed by atoms with E-state index in [1.807, 2.05) is 0 Å². The number of amides is 3. The monoisotopic (exact) mass is 262 g/mol. The van der Waals surface area contributed by atoms with Crippen LogP contribution in [0.2, 0.25) is 0 Å². The number of aliphatic hydroxyl groups excluding tert-OH is 2. The first-order valence-corrected chi connectivity index (χ1v) is 6.54. The number of urea groups is 1. The van der Waals surface area contributed by atoms with Crippen molar-refractivity contribution in [3.05, 3.63) is 0 Å². The maximum atomic E-state index is 11.8. The quantitative estimate of drug-likeness (QED) is 0.439. The van der Waals surface area contributed by atoms with E-state index in [0.29, 0.717) is 18.1 Å². The van der Waals surface area contributed by atoms with Crippen molar-refractivity contribution >= 4 is 23.7 Å². The molecule has 1 unspecified atom stereocenters. The average Bonchev–Trinajstić information content (AvgIpc) is 2.45. The van der Waals surface area contributed by atoms with Gasteiger partial charge in [-0.1, -0.05) is 0 Å². The molecular weight excluding hydrogens is 244 g/mol. The molecule has 1 aliphatic heterocycles. The van der Waals surface area contributed by atoms with Gasteiger partial charge in [0.25, 0.3) is 5.91 Å². The average molecular weight is 262 g/mol. The number of rotatable bonds is 6. The molecule has 1 atom stereocenters. The first kappa shape index (κ1) is 14.3. The van der Waals surface area contributed by atoms with Crippen molar-refractivity contribution < 1.29 is 19.8 Å². The molecule has 0 aromatic rings. The fourth-order valence-corrected chi connectivity index (χ4v) is 2.30. The Hall–Kier alpha value is -0.790. The number of carbonyl (C=O) groups is 2. The lowest BCUT2D eigenvalue weighted by molar-refractivity contribution is -0.130. The summed E-state index contributed by atoms with van der Waals surface area (Å²) in [5.74, 6) is 0.710. The van der Waals surface area contributed by atoms with Gasteiger partial charge in [0.1, 0.15) is 5.54 Å². The molecule has 1 heterocycles. The first-order valence-electron chi connectivity index (χ1n) is 5.39. The molecule has 6 nitrogen and oxygen atoms in total. The van der Waals surface area contributed by atoms with E-state index in [-0.39, 0.29) is 18.5 Å². The predicted molar refractivity (Wildman–Crippen MR) is 64.7 cm³/mol. The molecule has 98 valence electrons. The topological polar surface area (TPSA) is 89.9 Å². The molecule has 0 aromatic carbocycles. The normalized spacial score (nSPS) is 20.6. The largest absolute Gasteiger partial charge is 0.394 e. The van der Waals surface area contributed by atoms with Crippen molar-refractivity contribution in [2.24, 2.45) is 0 Å². The van der Waals surface area contributed by atoms with Crippen LogP contribution in [0, 0.1) is 0 Å². The van der Waals surface area contributed by atoms with E-state index in [9.17, 15) is 9.59 Å². The minimum Gasteiger partial charge on any atom is -0.394 e. The molecule has 0 aromatic heterocycles. The van der Waals surface area contributed by atoms with Gasteiger partial charge in [-0.15, -0.1) is 0 Å². The molecule has 3 amide bonds. The zero-order valence-electron chi connectivity index (χ0n) is 9.97. The molecule has 1 aliphatic rings. The lowest BCUT2D eigenvalue weighted by Crippen LogP contribution is -2.40. The van der Waals surface area contributed by atoms with Crippen LogP contribution >= 0.6 is 11.8 Å². The van der Waals surface area contributed by atoms with E-state index >= 15 is 0 Å². The number of imide groups is 1. The highest BCUT2D eigenvalue weighted by Gasteiger charge is 2.43. The number of hydrogen-bond donors (Lipinski definition) is 3. The van der Waals surface area contributed by atoms with Crippen LogP contribution in [-0.2, 0) is 4.79 Å². The molecular formula is C10H18N2O4S. The molecule has 1 saturated heterocycles. The molecule has 1 fully saturated rings. The van der Waals surface area contributed by atoms with Crippen LogP contribution < -0.4 is 5.32 Å². The SMILES string of the molecule is CC1(C)NC(=O)N(CCSCC(O)CO)C1=O. The van der Waals surface area contributed by atoms with E-state index in [0.717, 1.165) is 0 Å². The third-order valence-electron chi connectivity index (χ3n) is 2.42. The summed E-state index contributed by atoms with van der Waals surface area (Å²) in [6, 6.07) is -0.372. The standard InChI is InChI=1S/C10H18N2O4S/c1-10(2)8(15)12(9(16)11-10)3-4-17-6-7(14)5-13/h7,13-14H,3-6H2,1-2H3,(H,11,16). The van der Waals surface area contributed by atoms with Gasteiger partial charge in [0.15, 0.2) is 0 Å². The van der Waals surface area contributed by atoms with Crippen LogP contribution in [-0.4, -0.2) is 63.4 Å². The lowest BCUT2D eigenvalue weighted by Gasteiger charge is -2.16. The number of thioether (sulfide) groups is 1.